The van der Waals surface area contributed by atoms with Crippen molar-refractivity contribution >= 4 is 10.8 Å². The van der Waals surface area contributed by atoms with Crippen LogP contribution in [0.15, 0.2) is 24.3 Å². The van der Waals surface area contributed by atoms with Gasteiger partial charge in [-0.15, -0.1) is 0 Å². The maximum absolute atomic E-state index is 10.5. The van der Waals surface area contributed by atoms with E-state index in [0.717, 1.165) is 35.6 Å². The van der Waals surface area contributed by atoms with Crippen molar-refractivity contribution in [2.24, 2.45) is 0 Å². The molecule has 0 radical (unpaired) electrons. The summed E-state index contributed by atoms with van der Waals surface area (Å²) in [6, 6.07) is 7.68. The summed E-state index contributed by atoms with van der Waals surface area (Å²) in [5, 5.41) is 12.2. The Kier molecular flexibility index (Phi) is 4.15. The molecule has 3 heteroatoms. The van der Waals surface area contributed by atoms with Gasteiger partial charge in [0.25, 0.3) is 0 Å². The van der Waals surface area contributed by atoms with Crippen LogP contribution in [0.4, 0.5) is 0 Å². The maximum Gasteiger partial charge on any atom is 0.169 e. The van der Waals surface area contributed by atoms with Crippen molar-refractivity contribution in [3.63, 3.8) is 0 Å². The maximum atomic E-state index is 10.5. The third kappa shape index (κ3) is 2.33. The fourth-order valence-corrected chi connectivity index (χ4v) is 2.42. The molecule has 0 aliphatic heterocycles. The number of unbranched alkanes of at least 4 members (excludes halogenated alkanes) is 1. The summed E-state index contributed by atoms with van der Waals surface area (Å²) in [6.07, 6.45) is 2.86. The zero-order valence-corrected chi connectivity index (χ0v) is 11.7. The lowest BCUT2D eigenvalue weighted by atomic mass is 9.99. The molecule has 0 aromatic heterocycles. The molecule has 0 atom stereocenters. The average Bonchev–Trinajstić information content (AvgIpc) is 2.46. The molecule has 0 aliphatic rings. The Morgan fingerprint density at radius 2 is 1.63 bits per heavy atom. The van der Waals surface area contributed by atoms with Crippen LogP contribution in [0.25, 0.3) is 10.8 Å². The van der Waals surface area contributed by atoms with E-state index in [9.17, 15) is 5.11 Å². The summed E-state index contributed by atoms with van der Waals surface area (Å²) in [5.41, 5.74) is 0.833. The molecule has 3 nitrogen and oxygen atoms in total. The van der Waals surface area contributed by atoms with Crippen LogP contribution in [0.1, 0.15) is 25.3 Å². The van der Waals surface area contributed by atoms with E-state index in [1.165, 1.54) is 0 Å². The highest BCUT2D eigenvalue weighted by atomic mass is 16.5. The lowest BCUT2D eigenvalue weighted by Gasteiger charge is -2.17. The molecular formula is C16H20O3. The Hall–Kier alpha value is -1.90. The van der Waals surface area contributed by atoms with Gasteiger partial charge in [-0.2, -0.15) is 0 Å². The van der Waals surface area contributed by atoms with Crippen LogP contribution >= 0.6 is 0 Å². The molecule has 102 valence electrons. The van der Waals surface area contributed by atoms with E-state index in [-0.39, 0.29) is 0 Å². The minimum absolute atomic E-state index is 0.307. The number of fused-ring (bicyclic) bond motifs is 1. The van der Waals surface area contributed by atoms with E-state index in [2.05, 4.69) is 6.92 Å². The Morgan fingerprint density at radius 1 is 1.00 bits per heavy atom. The fraction of sp³-hybridized carbons (Fsp3) is 0.375. The number of phenolic OH excluding ortho intramolecular Hbond substituents is 1. The van der Waals surface area contributed by atoms with E-state index in [0.29, 0.717) is 17.2 Å². The Balaban J connectivity index is 2.74. The molecule has 0 spiro atoms. The number of hydrogen-bond acceptors (Lipinski definition) is 3. The minimum Gasteiger partial charge on any atom is -0.507 e. The summed E-state index contributed by atoms with van der Waals surface area (Å²) in [7, 11) is 3.24. The summed E-state index contributed by atoms with van der Waals surface area (Å²) in [5.74, 6) is 1.65. The van der Waals surface area contributed by atoms with Crippen molar-refractivity contribution in [1.29, 1.82) is 0 Å². The van der Waals surface area contributed by atoms with Gasteiger partial charge in [-0.05, 0) is 12.8 Å². The number of phenols is 1. The third-order valence-corrected chi connectivity index (χ3v) is 3.38. The standard InChI is InChI=1S/C16H20O3/c1-4-5-8-13-14(17)11-9-6-7-10-12(11)15(18-2)16(13)19-3/h6-7,9-10,17H,4-5,8H2,1-3H3. The van der Waals surface area contributed by atoms with Gasteiger partial charge in [0, 0.05) is 16.3 Å². The second kappa shape index (κ2) is 5.83. The van der Waals surface area contributed by atoms with Crippen LogP contribution < -0.4 is 9.47 Å². The van der Waals surface area contributed by atoms with E-state index >= 15 is 0 Å². The summed E-state index contributed by atoms with van der Waals surface area (Å²) in [4.78, 5) is 0. The Morgan fingerprint density at radius 3 is 2.21 bits per heavy atom. The van der Waals surface area contributed by atoms with E-state index in [4.69, 9.17) is 9.47 Å². The van der Waals surface area contributed by atoms with Crippen LogP contribution in [0.2, 0.25) is 0 Å². The quantitative estimate of drug-likeness (QED) is 0.886. The van der Waals surface area contributed by atoms with Crippen LogP contribution in [0.3, 0.4) is 0 Å². The molecule has 0 heterocycles. The largest absolute Gasteiger partial charge is 0.507 e. The van der Waals surface area contributed by atoms with E-state index in [1.807, 2.05) is 24.3 Å². The van der Waals surface area contributed by atoms with Crippen LogP contribution in [0, 0.1) is 0 Å². The van der Waals surface area contributed by atoms with Crippen molar-refractivity contribution in [3.05, 3.63) is 29.8 Å². The van der Waals surface area contributed by atoms with Gasteiger partial charge in [0.15, 0.2) is 11.5 Å². The lowest BCUT2D eigenvalue weighted by molar-refractivity contribution is 0.351. The van der Waals surface area contributed by atoms with Gasteiger partial charge >= 0.3 is 0 Å². The predicted molar refractivity (Wildman–Crippen MR) is 77.3 cm³/mol. The number of rotatable bonds is 5. The molecule has 2 aromatic carbocycles. The molecule has 0 amide bonds. The predicted octanol–water partition coefficient (Wildman–Crippen LogP) is 3.91. The van der Waals surface area contributed by atoms with E-state index < -0.39 is 0 Å². The average molecular weight is 260 g/mol. The summed E-state index contributed by atoms with van der Waals surface area (Å²) < 4.78 is 11.0. The van der Waals surface area contributed by atoms with E-state index in [1.54, 1.807) is 14.2 Å². The summed E-state index contributed by atoms with van der Waals surface area (Å²) >= 11 is 0. The number of aromatic hydroxyl groups is 1. The Bertz CT molecular complexity index is 576. The molecule has 0 fully saturated rings. The Labute approximate surface area is 113 Å². The molecule has 0 aliphatic carbocycles. The highest BCUT2D eigenvalue weighted by Gasteiger charge is 2.19. The number of methoxy groups -OCH3 is 2. The van der Waals surface area contributed by atoms with Gasteiger partial charge in [0.05, 0.1) is 14.2 Å². The van der Waals surface area contributed by atoms with Crippen molar-refractivity contribution < 1.29 is 14.6 Å². The first-order valence-electron chi connectivity index (χ1n) is 6.59. The van der Waals surface area contributed by atoms with Gasteiger partial charge in [0.1, 0.15) is 5.75 Å². The molecule has 0 bridgehead atoms. The zero-order chi connectivity index (χ0) is 13.8. The molecule has 19 heavy (non-hydrogen) atoms. The molecule has 0 unspecified atom stereocenters. The smallest absolute Gasteiger partial charge is 0.169 e. The van der Waals surface area contributed by atoms with Crippen LogP contribution in [0.5, 0.6) is 17.2 Å². The monoisotopic (exact) mass is 260 g/mol. The molecule has 0 saturated heterocycles. The lowest BCUT2D eigenvalue weighted by Crippen LogP contribution is -1.98. The van der Waals surface area contributed by atoms with Crippen molar-refractivity contribution in [2.75, 3.05) is 14.2 Å². The minimum atomic E-state index is 0.307. The number of benzene rings is 2. The van der Waals surface area contributed by atoms with Crippen LogP contribution in [-0.2, 0) is 6.42 Å². The SMILES string of the molecule is CCCCc1c(OC)c(OC)c2ccccc2c1O. The number of ether oxygens (including phenoxy) is 2. The fourth-order valence-electron chi connectivity index (χ4n) is 2.42. The molecule has 1 N–H and O–H groups in total. The third-order valence-electron chi connectivity index (χ3n) is 3.38. The first-order valence-corrected chi connectivity index (χ1v) is 6.59. The highest BCUT2D eigenvalue weighted by Crippen LogP contribution is 2.45. The number of hydrogen-bond donors (Lipinski definition) is 1. The first kappa shape index (κ1) is 13.5. The molecule has 0 saturated carbocycles. The summed E-state index contributed by atoms with van der Waals surface area (Å²) in [6.45, 7) is 2.13. The van der Waals surface area contributed by atoms with Gasteiger partial charge in [-0.25, -0.2) is 0 Å². The van der Waals surface area contributed by atoms with Gasteiger partial charge in [-0.1, -0.05) is 37.6 Å². The van der Waals surface area contributed by atoms with Gasteiger partial charge in [0.2, 0.25) is 0 Å². The second-order valence-corrected chi connectivity index (χ2v) is 4.54. The second-order valence-electron chi connectivity index (χ2n) is 4.54. The van der Waals surface area contributed by atoms with Crippen LogP contribution in [-0.4, -0.2) is 19.3 Å². The van der Waals surface area contributed by atoms with Crippen molar-refractivity contribution in [3.8, 4) is 17.2 Å². The van der Waals surface area contributed by atoms with Crippen molar-refractivity contribution in [1.82, 2.24) is 0 Å². The molecule has 2 rings (SSSR count). The topological polar surface area (TPSA) is 38.7 Å². The first-order chi connectivity index (χ1) is 9.24. The van der Waals surface area contributed by atoms with Crippen molar-refractivity contribution in [2.45, 2.75) is 26.2 Å². The zero-order valence-electron chi connectivity index (χ0n) is 11.7. The normalized spacial score (nSPS) is 10.7. The highest BCUT2D eigenvalue weighted by molar-refractivity contribution is 5.97. The molecular weight excluding hydrogens is 240 g/mol. The molecule has 2 aromatic rings. The van der Waals surface area contributed by atoms with Gasteiger partial charge in [-0.3, -0.25) is 0 Å². The van der Waals surface area contributed by atoms with Gasteiger partial charge < -0.3 is 14.6 Å².